The zero-order valence-corrected chi connectivity index (χ0v) is 14.7. The second kappa shape index (κ2) is 7.25. The molecule has 4 nitrogen and oxygen atoms in total. The topological polar surface area (TPSA) is 65.4 Å². The van der Waals surface area contributed by atoms with Crippen LogP contribution in [0, 0.1) is 18.3 Å². The molecule has 0 radical (unpaired) electrons. The summed E-state index contributed by atoms with van der Waals surface area (Å²) in [5.74, 6) is 0. The molecule has 0 spiro atoms. The molecule has 0 saturated carbocycles. The molecule has 0 aliphatic heterocycles. The maximum absolute atomic E-state index is 13.0. The van der Waals surface area contributed by atoms with Crippen LogP contribution < -0.4 is 0 Å². The molecule has 136 valence electrons. The number of hydrogen-bond donors (Lipinski definition) is 1. The summed E-state index contributed by atoms with van der Waals surface area (Å²) in [4.78, 5) is 0. The molecule has 3 rings (SSSR count). The number of aromatic nitrogens is 3. The third kappa shape index (κ3) is 4.18. The maximum Gasteiger partial charge on any atom is 0.416 e. The number of benzene rings is 2. The lowest BCUT2D eigenvalue weighted by atomic mass is 10.0. The highest BCUT2D eigenvalue weighted by molar-refractivity contribution is 6.31. The van der Waals surface area contributed by atoms with Gasteiger partial charge in [-0.3, -0.25) is 0 Å². The van der Waals surface area contributed by atoms with Crippen LogP contribution in [0.2, 0.25) is 5.02 Å². The molecule has 0 aliphatic rings. The van der Waals surface area contributed by atoms with E-state index in [4.69, 9.17) is 16.9 Å². The van der Waals surface area contributed by atoms with E-state index in [1.165, 1.54) is 13.0 Å². The molecule has 0 amide bonds. The van der Waals surface area contributed by atoms with Crippen LogP contribution in [0.5, 0.6) is 0 Å². The van der Waals surface area contributed by atoms with E-state index in [1.807, 2.05) is 6.07 Å². The third-order valence-electron chi connectivity index (χ3n) is 3.89. The van der Waals surface area contributed by atoms with Crippen molar-refractivity contribution in [2.45, 2.75) is 13.1 Å². The van der Waals surface area contributed by atoms with Gasteiger partial charge in [0.15, 0.2) is 5.69 Å². The van der Waals surface area contributed by atoms with Gasteiger partial charge in [0.1, 0.15) is 11.8 Å². The summed E-state index contributed by atoms with van der Waals surface area (Å²) < 4.78 is 39.1. The number of nitrogens with zero attached hydrogens (tertiary/aromatic N) is 3. The zero-order valence-electron chi connectivity index (χ0n) is 14.0. The van der Waals surface area contributed by atoms with Gasteiger partial charge in [0, 0.05) is 10.6 Å². The number of hydrogen-bond acceptors (Lipinski definition) is 3. The molecular weight excluding hydrogens is 377 g/mol. The van der Waals surface area contributed by atoms with Gasteiger partial charge in [0.2, 0.25) is 0 Å². The fraction of sp³-hybridized carbons (Fsp3) is 0.105. The molecule has 1 aromatic heterocycles. The predicted octanol–water partition coefficient (Wildman–Crippen LogP) is 5.49. The monoisotopic (exact) mass is 388 g/mol. The van der Waals surface area contributed by atoms with E-state index in [-0.39, 0.29) is 11.3 Å². The van der Waals surface area contributed by atoms with Crippen molar-refractivity contribution in [1.82, 2.24) is 15.4 Å². The van der Waals surface area contributed by atoms with Gasteiger partial charge >= 0.3 is 6.18 Å². The SMILES string of the molecule is Cc1ccc(/C=C/c2cc(Cl)cc(-c3nn[nH]c3C#N)c2)cc1C(F)(F)F. The summed E-state index contributed by atoms with van der Waals surface area (Å²) in [6, 6.07) is 11.1. The van der Waals surface area contributed by atoms with Gasteiger partial charge in [-0.05, 0) is 47.9 Å². The molecule has 0 aliphatic carbocycles. The maximum atomic E-state index is 13.0. The molecule has 2 aromatic carbocycles. The highest BCUT2D eigenvalue weighted by Gasteiger charge is 2.32. The summed E-state index contributed by atoms with van der Waals surface area (Å²) in [5.41, 5.74) is 1.68. The first-order valence-corrected chi connectivity index (χ1v) is 8.14. The summed E-state index contributed by atoms with van der Waals surface area (Å²) in [6.07, 6.45) is -1.19. The molecule has 3 aromatic rings. The number of alkyl halides is 3. The van der Waals surface area contributed by atoms with Crippen LogP contribution in [-0.2, 0) is 6.18 Å². The Morgan fingerprint density at radius 3 is 2.56 bits per heavy atom. The van der Waals surface area contributed by atoms with Crippen molar-refractivity contribution < 1.29 is 13.2 Å². The van der Waals surface area contributed by atoms with Crippen LogP contribution in [0.1, 0.15) is 27.9 Å². The number of rotatable bonds is 3. The van der Waals surface area contributed by atoms with Crippen molar-refractivity contribution in [2.75, 3.05) is 0 Å². The van der Waals surface area contributed by atoms with E-state index < -0.39 is 11.7 Å². The Balaban J connectivity index is 1.96. The fourth-order valence-corrected chi connectivity index (χ4v) is 2.84. The average molecular weight is 389 g/mol. The van der Waals surface area contributed by atoms with E-state index in [9.17, 15) is 13.2 Å². The number of halogens is 4. The first-order valence-electron chi connectivity index (χ1n) is 7.76. The second-order valence-corrected chi connectivity index (χ2v) is 6.26. The number of nitrogens with one attached hydrogen (secondary N) is 1. The van der Waals surface area contributed by atoms with Crippen LogP contribution in [0.4, 0.5) is 13.2 Å². The molecule has 0 atom stereocenters. The molecule has 0 saturated heterocycles. The minimum Gasteiger partial charge on any atom is -0.247 e. The summed E-state index contributed by atoms with van der Waals surface area (Å²) >= 11 is 6.13. The van der Waals surface area contributed by atoms with E-state index in [2.05, 4.69) is 15.4 Å². The van der Waals surface area contributed by atoms with E-state index >= 15 is 0 Å². The normalized spacial score (nSPS) is 11.7. The molecule has 27 heavy (non-hydrogen) atoms. The number of nitriles is 1. The lowest BCUT2D eigenvalue weighted by Gasteiger charge is -2.10. The van der Waals surface area contributed by atoms with Gasteiger partial charge in [0.25, 0.3) is 0 Å². The zero-order chi connectivity index (χ0) is 19.6. The van der Waals surface area contributed by atoms with E-state index in [0.29, 0.717) is 27.4 Å². The first kappa shape index (κ1) is 18.7. The number of aryl methyl sites for hydroxylation is 1. The van der Waals surface area contributed by atoms with E-state index in [0.717, 1.165) is 6.07 Å². The van der Waals surface area contributed by atoms with Crippen LogP contribution in [0.25, 0.3) is 23.4 Å². The lowest BCUT2D eigenvalue weighted by Crippen LogP contribution is -2.07. The summed E-state index contributed by atoms with van der Waals surface area (Å²) in [6.45, 7) is 1.42. The van der Waals surface area contributed by atoms with Gasteiger partial charge in [-0.2, -0.15) is 18.4 Å². The summed E-state index contributed by atoms with van der Waals surface area (Å²) in [7, 11) is 0. The van der Waals surface area contributed by atoms with Gasteiger partial charge in [-0.25, -0.2) is 5.10 Å². The average Bonchev–Trinajstić information content (AvgIpc) is 3.08. The molecular formula is C19H12ClF3N4. The van der Waals surface area contributed by atoms with Crippen molar-refractivity contribution in [1.29, 1.82) is 5.26 Å². The van der Waals surface area contributed by atoms with Crippen LogP contribution in [0.3, 0.4) is 0 Å². The van der Waals surface area contributed by atoms with Crippen LogP contribution >= 0.6 is 11.6 Å². The molecule has 0 unspecified atom stereocenters. The minimum absolute atomic E-state index is 0.166. The van der Waals surface area contributed by atoms with Gasteiger partial charge < -0.3 is 0 Å². The predicted molar refractivity (Wildman–Crippen MR) is 96.7 cm³/mol. The first-order chi connectivity index (χ1) is 12.8. The van der Waals surface area contributed by atoms with Crippen molar-refractivity contribution in [2.24, 2.45) is 0 Å². The quantitative estimate of drug-likeness (QED) is 0.603. The van der Waals surface area contributed by atoms with E-state index in [1.54, 1.807) is 36.4 Å². The molecule has 8 heteroatoms. The van der Waals surface area contributed by atoms with Gasteiger partial charge in [-0.15, -0.1) is 5.10 Å². The number of H-pyrrole nitrogens is 1. The lowest BCUT2D eigenvalue weighted by molar-refractivity contribution is -0.138. The number of aromatic amines is 1. The second-order valence-electron chi connectivity index (χ2n) is 5.83. The Morgan fingerprint density at radius 2 is 1.85 bits per heavy atom. The Morgan fingerprint density at radius 1 is 1.11 bits per heavy atom. The Hall–Kier alpha value is -3.11. The van der Waals surface area contributed by atoms with Crippen molar-refractivity contribution in [3.05, 3.63) is 69.4 Å². The largest absolute Gasteiger partial charge is 0.416 e. The fourth-order valence-electron chi connectivity index (χ4n) is 2.59. The Labute approximate surface area is 157 Å². The van der Waals surface area contributed by atoms with Gasteiger partial charge in [0.05, 0.1) is 5.56 Å². The molecule has 1 N–H and O–H groups in total. The highest BCUT2D eigenvalue weighted by Crippen LogP contribution is 2.33. The molecule has 0 bridgehead atoms. The van der Waals surface area contributed by atoms with Crippen molar-refractivity contribution in [3.8, 4) is 17.3 Å². The van der Waals surface area contributed by atoms with Crippen molar-refractivity contribution >= 4 is 23.8 Å². The molecule has 1 heterocycles. The standard InChI is InChI=1S/C19H12ClF3N4/c1-11-2-3-12(8-16(11)19(21,22)23)4-5-13-6-14(9-15(20)7-13)18-17(10-24)25-27-26-18/h2-9H,1H3,(H,25,26,27)/b5-4+. The third-order valence-corrected chi connectivity index (χ3v) is 4.11. The highest BCUT2D eigenvalue weighted by atomic mass is 35.5. The van der Waals surface area contributed by atoms with Crippen LogP contribution in [-0.4, -0.2) is 15.4 Å². The Kier molecular flexibility index (Phi) is 5.02. The minimum atomic E-state index is -4.40. The Bertz CT molecular complexity index is 1060. The van der Waals surface area contributed by atoms with Crippen LogP contribution in [0.15, 0.2) is 36.4 Å². The molecule has 0 fully saturated rings. The van der Waals surface area contributed by atoms with Crippen molar-refractivity contribution in [3.63, 3.8) is 0 Å². The summed E-state index contributed by atoms with van der Waals surface area (Å²) in [5, 5.41) is 19.4. The smallest absolute Gasteiger partial charge is 0.247 e. The van der Waals surface area contributed by atoms with Gasteiger partial charge in [-0.1, -0.05) is 41.1 Å².